The van der Waals surface area contributed by atoms with E-state index in [0.29, 0.717) is 29.7 Å². The Bertz CT molecular complexity index is 792. The van der Waals surface area contributed by atoms with Crippen molar-refractivity contribution >= 4 is 12.0 Å². The van der Waals surface area contributed by atoms with Gasteiger partial charge < -0.3 is 20.3 Å². The number of ether oxygens (including phenoxy) is 1. The van der Waals surface area contributed by atoms with E-state index in [-0.39, 0.29) is 6.03 Å². The van der Waals surface area contributed by atoms with E-state index in [9.17, 15) is 9.59 Å². The molecular weight excluding hydrogens is 354 g/mol. The van der Waals surface area contributed by atoms with E-state index in [2.05, 4.69) is 24.5 Å². The molecular formula is C22H32N3O3+. The van der Waals surface area contributed by atoms with Gasteiger partial charge in [0.1, 0.15) is 6.54 Å². The third-order valence-electron chi connectivity index (χ3n) is 5.81. The fraction of sp³-hybridized carbons (Fsp3) is 0.545. The topological polar surface area (TPSA) is 71.9 Å². The van der Waals surface area contributed by atoms with E-state index in [1.54, 1.807) is 0 Å². The molecule has 2 heterocycles. The van der Waals surface area contributed by atoms with Gasteiger partial charge in [-0.2, -0.15) is 0 Å². The maximum Gasteiger partial charge on any atom is 0.338 e. The normalized spacial score (nSPS) is 27.8. The monoisotopic (exact) mass is 386 g/mol. The van der Waals surface area contributed by atoms with Gasteiger partial charge in [0.15, 0.2) is 0 Å². The van der Waals surface area contributed by atoms with Crippen molar-refractivity contribution in [3.05, 3.63) is 46.2 Å². The molecule has 6 heteroatoms. The molecule has 0 aromatic heterocycles. The number of rotatable bonds is 4. The van der Waals surface area contributed by atoms with Crippen LogP contribution in [0.3, 0.4) is 0 Å². The minimum atomic E-state index is -0.505. The number of benzene rings is 1. The molecule has 1 aromatic carbocycles. The predicted molar refractivity (Wildman–Crippen MR) is 108 cm³/mol. The summed E-state index contributed by atoms with van der Waals surface area (Å²) in [6.45, 7) is 11.2. The lowest BCUT2D eigenvalue weighted by Gasteiger charge is -2.35. The van der Waals surface area contributed by atoms with Crippen LogP contribution in [0, 0.1) is 25.7 Å². The van der Waals surface area contributed by atoms with Gasteiger partial charge in [-0.1, -0.05) is 37.6 Å². The largest absolute Gasteiger partial charge is 0.466 e. The highest BCUT2D eigenvalue weighted by Crippen LogP contribution is 2.30. The molecule has 2 aliphatic heterocycles. The summed E-state index contributed by atoms with van der Waals surface area (Å²) in [5, 5.41) is 5.83. The Morgan fingerprint density at radius 3 is 2.54 bits per heavy atom. The zero-order valence-corrected chi connectivity index (χ0v) is 17.5. The second kappa shape index (κ2) is 8.35. The van der Waals surface area contributed by atoms with Gasteiger partial charge in [-0.25, -0.2) is 9.59 Å². The highest BCUT2D eigenvalue weighted by molar-refractivity contribution is 5.95. The Hall–Kier alpha value is -2.34. The summed E-state index contributed by atoms with van der Waals surface area (Å²) in [5.41, 5.74) is 4.24. The number of hydrogen-bond acceptors (Lipinski definition) is 3. The van der Waals surface area contributed by atoms with Crippen molar-refractivity contribution in [1.29, 1.82) is 0 Å². The van der Waals surface area contributed by atoms with E-state index in [0.717, 1.165) is 29.8 Å². The Kier molecular flexibility index (Phi) is 6.08. The molecule has 0 spiro atoms. The molecule has 3 atom stereocenters. The SMILES string of the molecule is COC(=O)C1=C(C[NH+]2C[C@@H](C)C[C@H](C)C2)NC(=O)N[C@@H]1c1cc(C)ccc1C. The Labute approximate surface area is 167 Å². The summed E-state index contributed by atoms with van der Waals surface area (Å²) in [6, 6.07) is 5.31. The zero-order valence-electron chi connectivity index (χ0n) is 17.5. The average Bonchev–Trinajstić information content (AvgIpc) is 2.61. The van der Waals surface area contributed by atoms with E-state index in [4.69, 9.17) is 4.74 Å². The maximum absolute atomic E-state index is 12.8. The number of amides is 2. The number of hydrogen-bond donors (Lipinski definition) is 3. The summed E-state index contributed by atoms with van der Waals surface area (Å²) in [7, 11) is 1.39. The second-order valence-corrected chi connectivity index (χ2v) is 8.56. The number of esters is 1. The van der Waals surface area contributed by atoms with Crippen LogP contribution in [0.5, 0.6) is 0 Å². The molecule has 2 aliphatic rings. The fourth-order valence-electron chi connectivity index (χ4n) is 4.73. The Morgan fingerprint density at radius 2 is 1.89 bits per heavy atom. The number of piperidine rings is 1. The van der Waals surface area contributed by atoms with Crippen LogP contribution in [-0.2, 0) is 9.53 Å². The summed E-state index contributed by atoms with van der Waals surface area (Å²) < 4.78 is 5.11. The first-order valence-corrected chi connectivity index (χ1v) is 10.1. The standard InChI is InChI=1S/C22H31N3O3/c1-13-6-7-16(4)17(9-13)20-19(21(26)28-5)18(23-22(27)24-20)12-25-10-14(2)8-15(3)11-25/h6-7,9,14-15,20H,8,10-12H2,1-5H3,(H2,23,24,27)/p+1/t14-,15-,20+/m0/s1. The third-order valence-corrected chi connectivity index (χ3v) is 5.81. The van der Waals surface area contributed by atoms with Gasteiger partial charge in [0.05, 0.1) is 37.5 Å². The number of urea groups is 1. The van der Waals surface area contributed by atoms with E-state index in [1.165, 1.54) is 18.4 Å². The number of quaternary nitrogens is 1. The van der Waals surface area contributed by atoms with Crippen molar-refractivity contribution in [2.75, 3.05) is 26.7 Å². The van der Waals surface area contributed by atoms with E-state index in [1.807, 2.05) is 32.0 Å². The smallest absolute Gasteiger partial charge is 0.338 e. The molecule has 3 rings (SSSR count). The first-order chi connectivity index (χ1) is 13.3. The number of nitrogens with one attached hydrogen (secondary N) is 3. The van der Waals surface area contributed by atoms with Crippen LogP contribution in [0.25, 0.3) is 0 Å². The highest BCUT2D eigenvalue weighted by atomic mass is 16.5. The van der Waals surface area contributed by atoms with Crippen molar-refractivity contribution in [2.45, 2.75) is 40.2 Å². The molecule has 1 aromatic rings. The molecule has 0 radical (unpaired) electrons. The maximum atomic E-state index is 12.8. The highest BCUT2D eigenvalue weighted by Gasteiger charge is 2.36. The molecule has 2 amide bonds. The molecule has 0 unspecified atom stereocenters. The molecule has 1 saturated heterocycles. The van der Waals surface area contributed by atoms with Gasteiger partial charge in [-0.05, 0) is 31.4 Å². The number of likely N-dealkylation sites (tertiary alicyclic amines) is 1. The first kappa shape index (κ1) is 20.4. The summed E-state index contributed by atoms with van der Waals surface area (Å²) in [5.74, 6) is 0.868. The molecule has 3 N–H and O–H groups in total. The zero-order chi connectivity index (χ0) is 20.4. The number of carbonyl (C=O) groups excluding carboxylic acids is 2. The fourth-order valence-corrected chi connectivity index (χ4v) is 4.73. The number of methoxy groups -OCH3 is 1. The summed E-state index contributed by atoms with van der Waals surface area (Å²) in [6.07, 6.45) is 1.23. The van der Waals surface area contributed by atoms with Crippen molar-refractivity contribution in [1.82, 2.24) is 10.6 Å². The van der Waals surface area contributed by atoms with E-state index < -0.39 is 12.0 Å². The van der Waals surface area contributed by atoms with Gasteiger partial charge in [0, 0.05) is 11.8 Å². The molecule has 152 valence electrons. The minimum Gasteiger partial charge on any atom is -0.466 e. The minimum absolute atomic E-state index is 0.272. The molecule has 28 heavy (non-hydrogen) atoms. The second-order valence-electron chi connectivity index (χ2n) is 8.56. The van der Waals surface area contributed by atoms with Crippen LogP contribution in [0.1, 0.15) is 43.0 Å². The van der Waals surface area contributed by atoms with Gasteiger partial charge in [0.25, 0.3) is 0 Å². The molecule has 0 saturated carbocycles. The number of aryl methyl sites for hydroxylation is 2. The van der Waals surface area contributed by atoms with Crippen molar-refractivity contribution in [3.8, 4) is 0 Å². The van der Waals surface area contributed by atoms with Gasteiger partial charge in [-0.15, -0.1) is 0 Å². The molecule has 1 fully saturated rings. The Balaban J connectivity index is 2.02. The van der Waals surface area contributed by atoms with Gasteiger partial charge in [0.2, 0.25) is 0 Å². The van der Waals surface area contributed by atoms with Crippen LogP contribution in [0.4, 0.5) is 4.79 Å². The molecule has 0 aliphatic carbocycles. The lowest BCUT2D eigenvalue weighted by Crippen LogP contribution is -3.14. The van der Waals surface area contributed by atoms with Crippen LogP contribution in [-0.4, -0.2) is 38.7 Å². The predicted octanol–water partition coefficient (Wildman–Crippen LogP) is 1.65. The van der Waals surface area contributed by atoms with Crippen LogP contribution in [0.2, 0.25) is 0 Å². The van der Waals surface area contributed by atoms with Gasteiger partial charge in [-0.3, -0.25) is 0 Å². The summed E-state index contributed by atoms with van der Waals surface area (Å²) in [4.78, 5) is 26.6. The third kappa shape index (κ3) is 4.38. The van der Waals surface area contributed by atoms with Crippen molar-refractivity contribution in [3.63, 3.8) is 0 Å². The first-order valence-electron chi connectivity index (χ1n) is 10.1. The van der Waals surface area contributed by atoms with E-state index >= 15 is 0 Å². The molecule has 0 bridgehead atoms. The number of carbonyl (C=O) groups is 2. The van der Waals surface area contributed by atoms with Crippen molar-refractivity contribution in [2.24, 2.45) is 11.8 Å². The lowest BCUT2D eigenvalue weighted by atomic mass is 9.89. The van der Waals surface area contributed by atoms with Crippen LogP contribution in [0.15, 0.2) is 29.5 Å². The van der Waals surface area contributed by atoms with Crippen LogP contribution < -0.4 is 15.5 Å². The average molecular weight is 387 g/mol. The molecule has 6 nitrogen and oxygen atoms in total. The van der Waals surface area contributed by atoms with Crippen molar-refractivity contribution < 1.29 is 19.2 Å². The van der Waals surface area contributed by atoms with Gasteiger partial charge >= 0.3 is 12.0 Å². The van der Waals surface area contributed by atoms with Crippen LogP contribution >= 0.6 is 0 Å². The quantitative estimate of drug-likeness (QED) is 0.689. The summed E-state index contributed by atoms with van der Waals surface area (Å²) >= 11 is 0. The Morgan fingerprint density at radius 1 is 1.21 bits per heavy atom. The lowest BCUT2D eigenvalue weighted by molar-refractivity contribution is -0.907.